The zero-order valence-electron chi connectivity index (χ0n) is 16.6. The first-order valence-corrected chi connectivity index (χ1v) is 11.0. The van der Waals surface area contributed by atoms with Crippen molar-refractivity contribution in [3.8, 4) is 0 Å². The van der Waals surface area contributed by atoms with E-state index >= 15 is 0 Å². The van der Waals surface area contributed by atoms with Crippen molar-refractivity contribution in [3.05, 3.63) is 29.3 Å². The number of nitrogens with one attached hydrogen (secondary N) is 2. The van der Waals surface area contributed by atoms with Gasteiger partial charge in [0.15, 0.2) is 0 Å². The Morgan fingerprint density at radius 2 is 2.11 bits per heavy atom. The van der Waals surface area contributed by atoms with E-state index in [0.29, 0.717) is 5.92 Å². The van der Waals surface area contributed by atoms with E-state index < -0.39 is 0 Å². The zero-order valence-corrected chi connectivity index (χ0v) is 18.3. The summed E-state index contributed by atoms with van der Waals surface area (Å²) in [5.41, 5.74) is 2.74. The summed E-state index contributed by atoms with van der Waals surface area (Å²) in [7, 11) is 0. The van der Waals surface area contributed by atoms with Crippen molar-refractivity contribution < 1.29 is 4.79 Å². The van der Waals surface area contributed by atoms with E-state index in [2.05, 4.69) is 47.6 Å². The van der Waals surface area contributed by atoms with Gasteiger partial charge in [0.1, 0.15) is 0 Å². The normalized spacial score (nSPS) is 23.0. The lowest BCUT2D eigenvalue weighted by molar-refractivity contribution is -0.123. The van der Waals surface area contributed by atoms with Crippen LogP contribution in [-0.2, 0) is 4.79 Å². The molecule has 1 amide bonds. The number of thioether (sulfide) groups is 1. The van der Waals surface area contributed by atoms with Crippen LogP contribution in [0.3, 0.4) is 0 Å². The second-order valence-electron chi connectivity index (χ2n) is 7.80. The number of hydrogen-bond acceptors (Lipinski definition) is 4. The molecule has 1 aromatic rings. The molecule has 0 radical (unpaired) electrons. The SMILES string of the molecule is Cc1ccc(SCCN2CCCC(CNC(=O)C3CCCN3)C2)cc1C.Cl. The van der Waals surface area contributed by atoms with Gasteiger partial charge in [-0.1, -0.05) is 6.07 Å². The Balaban J connectivity index is 0.00000261. The van der Waals surface area contributed by atoms with Crippen LogP contribution in [0, 0.1) is 19.8 Å². The Labute approximate surface area is 174 Å². The second-order valence-corrected chi connectivity index (χ2v) is 8.97. The molecule has 2 aliphatic heterocycles. The minimum absolute atomic E-state index is 0. The summed E-state index contributed by atoms with van der Waals surface area (Å²) in [5.74, 6) is 1.93. The fourth-order valence-electron chi connectivity index (χ4n) is 3.89. The van der Waals surface area contributed by atoms with Crippen LogP contribution in [-0.4, -0.2) is 55.3 Å². The van der Waals surface area contributed by atoms with Gasteiger partial charge in [-0.25, -0.2) is 0 Å². The van der Waals surface area contributed by atoms with Gasteiger partial charge in [0, 0.05) is 30.3 Å². The molecule has 2 heterocycles. The number of carbonyl (C=O) groups is 1. The molecule has 0 aliphatic carbocycles. The summed E-state index contributed by atoms with van der Waals surface area (Å²) >= 11 is 1.95. The maximum absolute atomic E-state index is 12.2. The smallest absolute Gasteiger partial charge is 0.237 e. The van der Waals surface area contributed by atoms with Crippen LogP contribution in [0.2, 0.25) is 0 Å². The molecule has 2 atom stereocenters. The fraction of sp³-hybridized carbons (Fsp3) is 0.667. The number of carbonyl (C=O) groups excluding carboxylic acids is 1. The largest absolute Gasteiger partial charge is 0.354 e. The zero-order chi connectivity index (χ0) is 18.4. The topological polar surface area (TPSA) is 44.4 Å². The molecule has 152 valence electrons. The number of halogens is 1. The van der Waals surface area contributed by atoms with Crippen LogP contribution < -0.4 is 10.6 Å². The third-order valence-corrected chi connectivity index (χ3v) is 6.67. The Kier molecular flexibility index (Phi) is 9.43. The first kappa shape index (κ1) is 22.5. The predicted octanol–water partition coefficient (Wildman–Crippen LogP) is 3.40. The van der Waals surface area contributed by atoms with E-state index in [0.717, 1.165) is 44.8 Å². The lowest BCUT2D eigenvalue weighted by atomic mass is 9.98. The maximum atomic E-state index is 12.2. The van der Waals surface area contributed by atoms with Gasteiger partial charge in [-0.2, -0.15) is 0 Å². The van der Waals surface area contributed by atoms with Crippen LogP contribution in [0.15, 0.2) is 23.1 Å². The molecule has 6 heteroatoms. The minimum Gasteiger partial charge on any atom is -0.354 e. The molecule has 2 unspecified atom stereocenters. The average molecular weight is 412 g/mol. The van der Waals surface area contributed by atoms with Crippen LogP contribution in [0.25, 0.3) is 0 Å². The van der Waals surface area contributed by atoms with E-state index in [1.165, 1.54) is 35.4 Å². The van der Waals surface area contributed by atoms with Gasteiger partial charge < -0.3 is 15.5 Å². The summed E-state index contributed by atoms with van der Waals surface area (Å²) in [6.45, 7) is 9.61. The number of hydrogen-bond donors (Lipinski definition) is 2. The number of rotatable bonds is 7. The second kappa shape index (κ2) is 11.3. The highest BCUT2D eigenvalue weighted by atomic mass is 35.5. The molecule has 2 N–H and O–H groups in total. The lowest BCUT2D eigenvalue weighted by Gasteiger charge is -2.33. The highest BCUT2D eigenvalue weighted by Crippen LogP contribution is 2.22. The Bertz CT molecular complexity index is 607. The average Bonchev–Trinajstić information content (AvgIpc) is 3.18. The van der Waals surface area contributed by atoms with E-state index in [1.807, 2.05) is 11.8 Å². The number of benzene rings is 1. The quantitative estimate of drug-likeness (QED) is 0.675. The molecule has 2 saturated heterocycles. The Morgan fingerprint density at radius 1 is 1.26 bits per heavy atom. The molecular weight excluding hydrogens is 378 g/mol. The van der Waals surface area contributed by atoms with Gasteiger partial charge in [-0.05, 0) is 81.8 Å². The minimum atomic E-state index is 0. The maximum Gasteiger partial charge on any atom is 0.237 e. The van der Waals surface area contributed by atoms with E-state index in [1.54, 1.807) is 0 Å². The molecule has 3 rings (SSSR count). The number of amides is 1. The number of piperidine rings is 1. The molecular formula is C21H34ClN3OS. The highest BCUT2D eigenvalue weighted by Gasteiger charge is 2.24. The standard InChI is InChI=1S/C21H33N3OS.ClH/c1-16-7-8-19(13-17(16)2)26-12-11-24-10-4-5-18(15-24)14-23-21(25)20-6-3-9-22-20;/h7-8,13,18,20,22H,3-6,9-12,14-15H2,1-2H3,(H,23,25);1H. The monoisotopic (exact) mass is 411 g/mol. The molecule has 0 saturated carbocycles. The molecule has 0 aromatic heterocycles. The van der Waals surface area contributed by atoms with Crippen molar-refractivity contribution in [1.29, 1.82) is 0 Å². The van der Waals surface area contributed by atoms with Gasteiger partial charge in [-0.3, -0.25) is 4.79 Å². The van der Waals surface area contributed by atoms with Gasteiger partial charge in [-0.15, -0.1) is 24.2 Å². The third-order valence-electron chi connectivity index (χ3n) is 5.70. The van der Waals surface area contributed by atoms with Gasteiger partial charge in [0.05, 0.1) is 6.04 Å². The van der Waals surface area contributed by atoms with E-state index in [-0.39, 0.29) is 24.4 Å². The summed E-state index contributed by atoms with van der Waals surface area (Å²) in [6.07, 6.45) is 4.58. The molecule has 0 spiro atoms. The Hall–Kier alpha value is -0.750. The lowest BCUT2D eigenvalue weighted by Crippen LogP contribution is -2.45. The van der Waals surface area contributed by atoms with Crippen LogP contribution in [0.4, 0.5) is 0 Å². The first-order valence-electron chi connectivity index (χ1n) is 10.1. The summed E-state index contributed by atoms with van der Waals surface area (Å²) in [4.78, 5) is 16.1. The fourth-order valence-corrected chi connectivity index (χ4v) is 4.90. The van der Waals surface area contributed by atoms with E-state index in [9.17, 15) is 4.79 Å². The van der Waals surface area contributed by atoms with Gasteiger partial charge >= 0.3 is 0 Å². The summed E-state index contributed by atoms with van der Waals surface area (Å²) in [6, 6.07) is 6.80. The van der Waals surface area contributed by atoms with Crippen LogP contribution in [0.5, 0.6) is 0 Å². The van der Waals surface area contributed by atoms with Crippen LogP contribution in [0.1, 0.15) is 36.8 Å². The molecule has 4 nitrogen and oxygen atoms in total. The van der Waals surface area contributed by atoms with Crippen molar-refractivity contribution in [2.45, 2.75) is 50.5 Å². The number of aryl methyl sites for hydroxylation is 2. The molecule has 0 bridgehead atoms. The van der Waals surface area contributed by atoms with Gasteiger partial charge in [0.2, 0.25) is 5.91 Å². The first-order chi connectivity index (χ1) is 12.6. The van der Waals surface area contributed by atoms with Crippen molar-refractivity contribution in [1.82, 2.24) is 15.5 Å². The molecule has 1 aromatic carbocycles. The highest BCUT2D eigenvalue weighted by molar-refractivity contribution is 7.99. The summed E-state index contributed by atoms with van der Waals surface area (Å²) in [5, 5.41) is 6.45. The number of likely N-dealkylation sites (tertiary alicyclic amines) is 1. The number of nitrogens with zero attached hydrogens (tertiary/aromatic N) is 1. The van der Waals surface area contributed by atoms with Crippen molar-refractivity contribution >= 4 is 30.1 Å². The molecule has 2 fully saturated rings. The molecule has 27 heavy (non-hydrogen) atoms. The van der Waals surface area contributed by atoms with Crippen molar-refractivity contribution in [2.75, 3.05) is 38.5 Å². The Morgan fingerprint density at radius 3 is 2.85 bits per heavy atom. The van der Waals surface area contributed by atoms with E-state index in [4.69, 9.17) is 0 Å². The van der Waals surface area contributed by atoms with Gasteiger partial charge in [0.25, 0.3) is 0 Å². The predicted molar refractivity (Wildman–Crippen MR) is 117 cm³/mol. The van der Waals surface area contributed by atoms with Crippen molar-refractivity contribution in [2.24, 2.45) is 5.92 Å². The van der Waals surface area contributed by atoms with Crippen molar-refractivity contribution in [3.63, 3.8) is 0 Å². The van der Waals surface area contributed by atoms with Crippen LogP contribution >= 0.6 is 24.2 Å². The third kappa shape index (κ3) is 6.97. The summed E-state index contributed by atoms with van der Waals surface area (Å²) < 4.78 is 0. The molecule has 2 aliphatic rings.